The highest BCUT2D eigenvalue weighted by Gasteiger charge is 2.17. The largest absolute Gasteiger partial charge is 0.492 e. The van der Waals surface area contributed by atoms with Gasteiger partial charge in [-0.05, 0) is 43.3 Å². The van der Waals surface area contributed by atoms with Gasteiger partial charge in [-0.1, -0.05) is 18.2 Å². The molecule has 0 aliphatic rings. The van der Waals surface area contributed by atoms with E-state index >= 15 is 0 Å². The second-order valence-electron chi connectivity index (χ2n) is 5.97. The summed E-state index contributed by atoms with van der Waals surface area (Å²) < 4.78 is 36.2. The van der Waals surface area contributed by atoms with Crippen molar-refractivity contribution in [3.05, 3.63) is 54.6 Å². The van der Waals surface area contributed by atoms with Crippen LogP contribution in [0.2, 0.25) is 0 Å². The van der Waals surface area contributed by atoms with Gasteiger partial charge >= 0.3 is 0 Å². The van der Waals surface area contributed by atoms with Crippen LogP contribution in [0.5, 0.6) is 11.5 Å². The van der Waals surface area contributed by atoms with E-state index in [0.29, 0.717) is 18.0 Å². The van der Waals surface area contributed by atoms with E-state index in [1.807, 2.05) is 18.2 Å². The maximum Gasteiger partial charge on any atom is 0.260 e. The zero-order valence-electron chi connectivity index (χ0n) is 15.6. The molecule has 8 heteroatoms. The number of carbonyl (C=O) groups excluding carboxylic acids is 1. The van der Waals surface area contributed by atoms with Crippen LogP contribution in [0, 0.1) is 0 Å². The van der Waals surface area contributed by atoms with Gasteiger partial charge in [-0.15, -0.1) is 0 Å². The van der Waals surface area contributed by atoms with Crippen LogP contribution in [0.4, 0.5) is 0 Å². The van der Waals surface area contributed by atoms with E-state index in [2.05, 4.69) is 5.32 Å². The number of nitrogens with zero attached hydrogens (tertiary/aromatic N) is 1. The molecule has 0 saturated heterocycles. The molecule has 1 amide bonds. The molecule has 27 heavy (non-hydrogen) atoms. The maximum atomic E-state index is 12.0. The van der Waals surface area contributed by atoms with Gasteiger partial charge in [0.1, 0.15) is 18.1 Å². The molecule has 2 aromatic carbocycles. The lowest BCUT2D eigenvalue weighted by Crippen LogP contribution is -2.38. The van der Waals surface area contributed by atoms with Crippen LogP contribution >= 0.6 is 0 Å². The van der Waals surface area contributed by atoms with E-state index in [-0.39, 0.29) is 17.4 Å². The molecule has 0 fully saturated rings. The van der Waals surface area contributed by atoms with Gasteiger partial charge in [0.05, 0.1) is 11.4 Å². The summed E-state index contributed by atoms with van der Waals surface area (Å²) in [7, 11) is -0.504. The first-order chi connectivity index (χ1) is 12.8. The van der Waals surface area contributed by atoms with E-state index in [0.717, 1.165) is 4.31 Å². The van der Waals surface area contributed by atoms with E-state index in [9.17, 15) is 13.2 Å². The predicted molar refractivity (Wildman–Crippen MR) is 102 cm³/mol. The van der Waals surface area contributed by atoms with Gasteiger partial charge < -0.3 is 14.8 Å². The van der Waals surface area contributed by atoms with Crippen molar-refractivity contribution >= 4 is 15.9 Å². The molecule has 0 radical (unpaired) electrons. The highest BCUT2D eigenvalue weighted by atomic mass is 32.2. The number of para-hydroxylation sites is 1. The Hall–Kier alpha value is -2.58. The summed E-state index contributed by atoms with van der Waals surface area (Å²) in [6.07, 6.45) is -0.622. The molecule has 146 valence electrons. The fourth-order valence-electron chi connectivity index (χ4n) is 2.16. The Kier molecular flexibility index (Phi) is 7.20. The zero-order chi connectivity index (χ0) is 19.9. The van der Waals surface area contributed by atoms with Crippen LogP contribution in [-0.2, 0) is 14.8 Å². The fraction of sp³-hybridized carbons (Fsp3) is 0.316. The third kappa shape index (κ3) is 5.97. The normalized spacial score (nSPS) is 12.4. The summed E-state index contributed by atoms with van der Waals surface area (Å²) in [5.74, 6) is 0.912. The van der Waals surface area contributed by atoms with Crippen molar-refractivity contribution in [1.82, 2.24) is 9.62 Å². The minimum Gasteiger partial charge on any atom is -0.492 e. The van der Waals surface area contributed by atoms with Crippen molar-refractivity contribution in [2.75, 3.05) is 27.2 Å². The molecular weight excluding hydrogens is 368 g/mol. The lowest BCUT2D eigenvalue weighted by molar-refractivity contribution is -0.127. The molecule has 0 aliphatic heterocycles. The van der Waals surface area contributed by atoms with Gasteiger partial charge in [-0.25, -0.2) is 12.7 Å². The summed E-state index contributed by atoms with van der Waals surface area (Å²) in [6, 6.07) is 15.2. The average Bonchev–Trinajstić information content (AvgIpc) is 2.66. The Bertz CT molecular complexity index is 836. The molecule has 0 bridgehead atoms. The van der Waals surface area contributed by atoms with Crippen LogP contribution in [0.3, 0.4) is 0 Å². The molecule has 1 N–H and O–H groups in total. The number of rotatable bonds is 9. The number of nitrogens with one attached hydrogen (secondary N) is 1. The van der Waals surface area contributed by atoms with Crippen LogP contribution in [0.15, 0.2) is 59.5 Å². The van der Waals surface area contributed by atoms with Crippen LogP contribution in [-0.4, -0.2) is 52.0 Å². The molecule has 0 heterocycles. The molecule has 7 nitrogen and oxygen atoms in total. The van der Waals surface area contributed by atoms with Crippen LogP contribution in [0.1, 0.15) is 6.92 Å². The van der Waals surface area contributed by atoms with Gasteiger partial charge in [0.15, 0.2) is 6.10 Å². The number of carbonyl (C=O) groups is 1. The highest BCUT2D eigenvalue weighted by Crippen LogP contribution is 2.18. The Morgan fingerprint density at radius 2 is 1.67 bits per heavy atom. The van der Waals surface area contributed by atoms with Gasteiger partial charge in [-0.2, -0.15) is 0 Å². The number of sulfonamides is 1. The van der Waals surface area contributed by atoms with E-state index < -0.39 is 16.1 Å². The van der Waals surface area contributed by atoms with Crippen molar-refractivity contribution < 1.29 is 22.7 Å². The van der Waals surface area contributed by atoms with Gasteiger partial charge in [0.2, 0.25) is 10.0 Å². The quantitative estimate of drug-likeness (QED) is 0.659. The first-order valence-corrected chi connectivity index (χ1v) is 9.89. The standard InChI is InChI=1S/C19H24N2O5S/c1-15(26-17-7-5-4-6-8-17)19(22)20-13-14-25-16-9-11-18(12-10-16)27(23,24)21(2)3/h4-12,15H,13-14H2,1-3H3,(H,20,22)/t15-/m0/s1. The summed E-state index contributed by atoms with van der Waals surface area (Å²) >= 11 is 0. The molecule has 2 aromatic rings. The predicted octanol–water partition coefficient (Wildman–Crippen LogP) is 1.90. The molecule has 0 unspecified atom stereocenters. The van der Waals surface area contributed by atoms with Crippen molar-refractivity contribution in [2.45, 2.75) is 17.9 Å². The smallest absolute Gasteiger partial charge is 0.260 e. The Labute approximate surface area is 160 Å². The molecule has 0 spiro atoms. The minimum absolute atomic E-state index is 0.194. The zero-order valence-corrected chi connectivity index (χ0v) is 16.4. The second-order valence-corrected chi connectivity index (χ2v) is 8.12. The SMILES string of the molecule is C[C@H](Oc1ccccc1)C(=O)NCCOc1ccc(S(=O)(=O)N(C)C)cc1. The molecule has 1 atom stereocenters. The third-order valence-corrected chi connectivity index (χ3v) is 5.53. The average molecular weight is 392 g/mol. The summed E-state index contributed by atoms with van der Waals surface area (Å²) in [6.45, 7) is 2.23. The summed E-state index contributed by atoms with van der Waals surface area (Å²) in [5, 5.41) is 2.73. The molecule has 0 aromatic heterocycles. The summed E-state index contributed by atoms with van der Waals surface area (Å²) in [4.78, 5) is 12.2. The van der Waals surface area contributed by atoms with E-state index in [1.165, 1.54) is 26.2 Å². The van der Waals surface area contributed by atoms with E-state index in [4.69, 9.17) is 9.47 Å². The molecule has 2 rings (SSSR count). The van der Waals surface area contributed by atoms with Gasteiger partial charge in [-0.3, -0.25) is 4.79 Å². The van der Waals surface area contributed by atoms with Crippen molar-refractivity contribution in [1.29, 1.82) is 0 Å². The van der Waals surface area contributed by atoms with Crippen LogP contribution < -0.4 is 14.8 Å². The second kappa shape index (κ2) is 9.38. The molecule has 0 saturated carbocycles. The van der Waals surface area contributed by atoms with Gasteiger partial charge in [0, 0.05) is 14.1 Å². The Morgan fingerprint density at radius 1 is 1.04 bits per heavy atom. The number of hydrogen-bond acceptors (Lipinski definition) is 5. The maximum absolute atomic E-state index is 12.0. The highest BCUT2D eigenvalue weighted by molar-refractivity contribution is 7.89. The minimum atomic E-state index is -3.46. The molecular formula is C19H24N2O5S. The van der Waals surface area contributed by atoms with E-state index in [1.54, 1.807) is 31.2 Å². The first kappa shape index (κ1) is 20.7. The summed E-state index contributed by atoms with van der Waals surface area (Å²) in [5.41, 5.74) is 0. The van der Waals surface area contributed by atoms with Crippen molar-refractivity contribution in [3.63, 3.8) is 0 Å². The first-order valence-electron chi connectivity index (χ1n) is 8.45. The number of ether oxygens (including phenoxy) is 2. The number of hydrogen-bond donors (Lipinski definition) is 1. The van der Waals surface area contributed by atoms with Gasteiger partial charge in [0.25, 0.3) is 5.91 Å². The van der Waals surface area contributed by atoms with Crippen molar-refractivity contribution in [2.24, 2.45) is 0 Å². The molecule has 0 aliphatic carbocycles. The third-order valence-electron chi connectivity index (χ3n) is 3.70. The lowest BCUT2D eigenvalue weighted by Gasteiger charge is -2.15. The fourth-order valence-corrected chi connectivity index (χ4v) is 3.06. The van der Waals surface area contributed by atoms with Crippen molar-refractivity contribution in [3.8, 4) is 11.5 Å². The number of benzene rings is 2. The Balaban J connectivity index is 1.75. The number of amides is 1. The van der Waals surface area contributed by atoms with Crippen LogP contribution in [0.25, 0.3) is 0 Å². The topological polar surface area (TPSA) is 84.9 Å². The monoisotopic (exact) mass is 392 g/mol. The Morgan fingerprint density at radius 3 is 2.26 bits per heavy atom. The lowest BCUT2D eigenvalue weighted by atomic mass is 10.3.